The molecule has 0 aliphatic carbocycles. The number of piperidine rings is 1. The molecular formula is C25H25FN8O. The number of nitrogens with one attached hydrogen (secondary N) is 2. The molecule has 2 fully saturated rings. The Bertz CT molecular complexity index is 1420. The fourth-order valence-corrected chi connectivity index (χ4v) is 4.96. The largest absolute Gasteiger partial charge is 0.311 e. The minimum Gasteiger partial charge on any atom is -0.311 e. The van der Waals surface area contributed by atoms with Gasteiger partial charge in [-0.25, -0.2) is 23.9 Å². The Morgan fingerprint density at radius 1 is 1.17 bits per heavy atom. The number of fused-ring (bicyclic) bond motifs is 3. The van der Waals surface area contributed by atoms with Crippen molar-refractivity contribution >= 4 is 28.9 Å². The number of carbonyl (C=O) groups is 1. The molecule has 6 heterocycles. The van der Waals surface area contributed by atoms with Gasteiger partial charge in [0.2, 0.25) is 11.9 Å². The van der Waals surface area contributed by atoms with Crippen molar-refractivity contribution in [1.82, 2.24) is 29.9 Å². The van der Waals surface area contributed by atoms with Crippen LogP contribution in [0.25, 0.3) is 16.8 Å². The van der Waals surface area contributed by atoms with E-state index in [4.69, 9.17) is 0 Å². The van der Waals surface area contributed by atoms with Crippen molar-refractivity contribution in [3.05, 3.63) is 60.4 Å². The molecule has 0 spiro atoms. The number of pyridine rings is 2. The van der Waals surface area contributed by atoms with Crippen molar-refractivity contribution in [3.8, 4) is 11.3 Å². The number of carbonyl (C=O) groups excluding carboxylic acids is 1. The van der Waals surface area contributed by atoms with E-state index in [9.17, 15) is 9.18 Å². The molecule has 2 unspecified atom stereocenters. The molecule has 4 aromatic heterocycles. The van der Waals surface area contributed by atoms with Gasteiger partial charge >= 0.3 is 0 Å². The molecule has 2 aliphatic heterocycles. The molecule has 178 valence electrons. The van der Waals surface area contributed by atoms with E-state index >= 15 is 0 Å². The summed E-state index contributed by atoms with van der Waals surface area (Å²) in [5.41, 5.74) is 3.60. The van der Waals surface area contributed by atoms with Crippen molar-refractivity contribution in [3.63, 3.8) is 0 Å². The molecule has 0 aromatic carbocycles. The van der Waals surface area contributed by atoms with Crippen LogP contribution >= 0.6 is 0 Å². The van der Waals surface area contributed by atoms with Crippen molar-refractivity contribution in [2.24, 2.45) is 0 Å². The number of anilines is 3. The Morgan fingerprint density at radius 2 is 2.06 bits per heavy atom. The van der Waals surface area contributed by atoms with Crippen molar-refractivity contribution < 1.29 is 9.18 Å². The number of halogens is 1. The second-order valence-corrected chi connectivity index (χ2v) is 9.38. The first-order chi connectivity index (χ1) is 17.0. The lowest BCUT2D eigenvalue weighted by Crippen LogP contribution is -2.44. The third-order valence-electron chi connectivity index (χ3n) is 6.71. The maximum absolute atomic E-state index is 14.7. The van der Waals surface area contributed by atoms with E-state index in [0.29, 0.717) is 17.8 Å². The summed E-state index contributed by atoms with van der Waals surface area (Å²) in [6, 6.07) is 7.75. The Morgan fingerprint density at radius 3 is 2.86 bits per heavy atom. The fraction of sp³-hybridized carbons (Fsp3) is 0.320. The van der Waals surface area contributed by atoms with Crippen molar-refractivity contribution in [1.29, 1.82) is 0 Å². The summed E-state index contributed by atoms with van der Waals surface area (Å²) in [5, 5.41) is 10.8. The van der Waals surface area contributed by atoms with Crippen LogP contribution in [0.4, 0.5) is 21.8 Å². The maximum Gasteiger partial charge on any atom is 0.229 e. The summed E-state index contributed by atoms with van der Waals surface area (Å²) in [4.78, 5) is 27.3. The third-order valence-corrected chi connectivity index (χ3v) is 6.71. The van der Waals surface area contributed by atoms with E-state index in [2.05, 4.69) is 44.5 Å². The highest BCUT2D eigenvalue weighted by molar-refractivity contribution is 5.95. The second-order valence-electron chi connectivity index (χ2n) is 9.38. The van der Waals surface area contributed by atoms with E-state index in [-0.39, 0.29) is 35.6 Å². The van der Waals surface area contributed by atoms with Gasteiger partial charge in [-0.15, -0.1) is 0 Å². The van der Waals surface area contributed by atoms with Gasteiger partial charge in [0.25, 0.3) is 0 Å². The number of hydrogen-bond acceptors (Lipinski definition) is 7. The predicted octanol–water partition coefficient (Wildman–Crippen LogP) is 3.66. The van der Waals surface area contributed by atoms with E-state index in [0.717, 1.165) is 35.9 Å². The highest BCUT2D eigenvalue weighted by Gasteiger charge is 2.39. The molecule has 2 bridgehead atoms. The Balaban J connectivity index is 1.25. The molecule has 9 nitrogen and oxygen atoms in total. The molecule has 10 heteroatoms. The smallest absolute Gasteiger partial charge is 0.229 e. The van der Waals surface area contributed by atoms with Gasteiger partial charge in [-0.2, -0.15) is 5.10 Å². The first-order valence-corrected chi connectivity index (χ1v) is 11.7. The lowest BCUT2D eigenvalue weighted by Gasteiger charge is -2.32. The van der Waals surface area contributed by atoms with Gasteiger partial charge in [-0.3, -0.25) is 4.79 Å². The molecule has 6 rings (SSSR count). The molecule has 2 N–H and O–H groups in total. The quantitative estimate of drug-likeness (QED) is 0.457. The van der Waals surface area contributed by atoms with Gasteiger partial charge in [0, 0.05) is 36.3 Å². The highest BCUT2D eigenvalue weighted by Crippen LogP contribution is 2.30. The molecular weight excluding hydrogens is 447 g/mol. The van der Waals surface area contributed by atoms with Gasteiger partial charge in [0.15, 0.2) is 5.82 Å². The Labute approximate surface area is 201 Å². The minimum absolute atomic E-state index is 0.112. The minimum atomic E-state index is -0.513. The zero-order chi connectivity index (χ0) is 24.1. The second kappa shape index (κ2) is 8.38. The van der Waals surface area contributed by atoms with E-state index in [1.165, 1.54) is 0 Å². The summed E-state index contributed by atoms with van der Waals surface area (Å²) in [6.07, 6.45) is 7.92. The van der Waals surface area contributed by atoms with E-state index in [1.807, 2.05) is 23.2 Å². The molecule has 2 aliphatic rings. The fourth-order valence-electron chi connectivity index (χ4n) is 4.96. The summed E-state index contributed by atoms with van der Waals surface area (Å²) >= 11 is 0. The van der Waals surface area contributed by atoms with Gasteiger partial charge < -0.3 is 15.5 Å². The normalized spacial score (nSPS) is 19.7. The molecule has 4 aromatic rings. The standard InChI is InChI=1S/C25H25FN8O/c1-14(2)19-12-30-33-6-5-15(7-21(19)33)24-20(26)13-29-25(32-24)31-22-4-3-17(10-28-22)34-18-8-16(27-11-18)9-23(34)35/h3-7,10,12-14,16,18,27H,8-9,11H2,1-2H3,(H,28,29,31,32). The highest BCUT2D eigenvalue weighted by atomic mass is 19.1. The van der Waals surface area contributed by atoms with Crippen LogP contribution in [0.2, 0.25) is 0 Å². The van der Waals surface area contributed by atoms with E-state index in [1.54, 1.807) is 29.0 Å². The summed E-state index contributed by atoms with van der Waals surface area (Å²) in [6.45, 7) is 4.99. The average Bonchev–Trinajstić information content (AvgIpc) is 3.45. The number of nitrogens with zero attached hydrogens (tertiary/aromatic N) is 6. The van der Waals surface area contributed by atoms with Gasteiger partial charge in [-0.1, -0.05) is 13.8 Å². The monoisotopic (exact) mass is 472 g/mol. The van der Waals surface area contributed by atoms with Gasteiger partial charge in [0.05, 0.1) is 35.8 Å². The Hall–Kier alpha value is -3.92. The summed E-state index contributed by atoms with van der Waals surface area (Å²) in [5.74, 6) is 0.625. The van der Waals surface area contributed by atoms with Crippen LogP contribution in [0, 0.1) is 5.82 Å². The summed E-state index contributed by atoms with van der Waals surface area (Å²) in [7, 11) is 0. The Kier molecular flexibility index (Phi) is 5.18. The molecule has 1 amide bonds. The first-order valence-electron chi connectivity index (χ1n) is 11.7. The van der Waals surface area contributed by atoms with Crippen LogP contribution in [-0.2, 0) is 4.79 Å². The lowest BCUT2D eigenvalue weighted by molar-refractivity contribution is -0.120. The molecule has 35 heavy (non-hydrogen) atoms. The number of hydrogen-bond donors (Lipinski definition) is 2. The van der Waals surface area contributed by atoms with Gasteiger partial charge in [0.1, 0.15) is 11.5 Å². The zero-order valence-corrected chi connectivity index (χ0v) is 19.4. The van der Waals surface area contributed by atoms with Crippen LogP contribution in [-0.4, -0.2) is 49.1 Å². The molecule has 2 atom stereocenters. The average molecular weight is 473 g/mol. The van der Waals surface area contributed by atoms with Crippen LogP contribution in [0.5, 0.6) is 0 Å². The number of rotatable bonds is 5. The summed E-state index contributed by atoms with van der Waals surface area (Å²) < 4.78 is 16.5. The van der Waals surface area contributed by atoms with Crippen LogP contribution in [0.3, 0.4) is 0 Å². The van der Waals surface area contributed by atoms with Crippen molar-refractivity contribution in [2.75, 3.05) is 16.8 Å². The maximum atomic E-state index is 14.7. The predicted molar refractivity (Wildman–Crippen MR) is 130 cm³/mol. The molecule has 2 saturated heterocycles. The third kappa shape index (κ3) is 3.89. The van der Waals surface area contributed by atoms with Crippen LogP contribution in [0.1, 0.15) is 38.2 Å². The SMILES string of the molecule is CC(C)c1cnn2ccc(-c3nc(Nc4ccc(N5C(=O)CC6CC5CN6)cn4)ncc3F)cc12. The van der Waals surface area contributed by atoms with Gasteiger partial charge in [-0.05, 0) is 36.6 Å². The molecule has 0 radical (unpaired) electrons. The van der Waals surface area contributed by atoms with Crippen molar-refractivity contribution in [2.45, 2.75) is 44.7 Å². The molecule has 0 saturated carbocycles. The first kappa shape index (κ1) is 21.6. The van der Waals surface area contributed by atoms with Crippen LogP contribution < -0.4 is 15.5 Å². The number of amides is 1. The number of aromatic nitrogens is 5. The van der Waals surface area contributed by atoms with Crippen LogP contribution in [0.15, 0.2) is 49.1 Å². The lowest BCUT2D eigenvalue weighted by atomic mass is 10.0. The topological polar surface area (TPSA) is 100 Å². The van der Waals surface area contributed by atoms with E-state index < -0.39 is 5.82 Å². The zero-order valence-electron chi connectivity index (χ0n) is 19.4.